The van der Waals surface area contributed by atoms with Crippen molar-refractivity contribution in [1.29, 1.82) is 0 Å². The summed E-state index contributed by atoms with van der Waals surface area (Å²) in [7, 11) is 1.02. The van der Waals surface area contributed by atoms with Crippen molar-refractivity contribution in [3.05, 3.63) is 130 Å². The maximum atomic E-state index is 14.3. The van der Waals surface area contributed by atoms with Crippen LogP contribution in [0.3, 0.4) is 0 Å². The highest BCUT2D eigenvalue weighted by Crippen LogP contribution is 2.32. The molecule has 0 saturated carbocycles. The number of benzene rings is 4. The van der Waals surface area contributed by atoms with Crippen LogP contribution in [0.5, 0.6) is 11.5 Å². The van der Waals surface area contributed by atoms with E-state index in [2.05, 4.69) is 9.47 Å². The smallest absolute Gasteiger partial charge is 0.408 e. The van der Waals surface area contributed by atoms with Crippen molar-refractivity contribution in [2.24, 2.45) is 0 Å². The Kier molecular flexibility index (Phi) is 15.2. The number of carbonyl (C=O) groups is 4. The second kappa shape index (κ2) is 19.8. The molecule has 2 atom stereocenters. The zero-order valence-electron chi connectivity index (χ0n) is 27.6. The Morgan fingerprint density at radius 2 is 0.750 bits per heavy atom. The van der Waals surface area contributed by atoms with Crippen LogP contribution < -0.4 is 20.1 Å². The molecular weight excluding hydrogens is 818 g/mol. The van der Waals surface area contributed by atoms with Crippen molar-refractivity contribution in [1.82, 2.24) is 10.6 Å². The second-order valence-electron chi connectivity index (χ2n) is 10.7. The predicted octanol–water partition coefficient (Wildman–Crippen LogP) is 7.56. The van der Waals surface area contributed by atoms with Crippen LogP contribution in [0.1, 0.15) is 11.1 Å². The fourth-order valence-electron chi connectivity index (χ4n) is 4.08. The number of halogens is 10. The first-order valence-electron chi connectivity index (χ1n) is 15.3. The van der Waals surface area contributed by atoms with Gasteiger partial charge in [0.2, 0.25) is 69.7 Å². The van der Waals surface area contributed by atoms with Crippen molar-refractivity contribution < 1.29 is 82.0 Å². The van der Waals surface area contributed by atoms with Crippen molar-refractivity contribution >= 4 is 45.7 Å². The Labute approximate surface area is 316 Å². The molecule has 22 heteroatoms. The van der Waals surface area contributed by atoms with Gasteiger partial charge in [-0.15, -0.1) is 0 Å². The summed E-state index contributed by atoms with van der Waals surface area (Å²) in [5.74, 6) is -34.1. The quantitative estimate of drug-likeness (QED) is 0.0236. The van der Waals surface area contributed by atoms with Gasteiger partial charge in [-0.1, -0.05) is 82.3 Å². The number of rotatable bonds is 15. The summed E-state index contributed by atoms with van der Waals surface area (Å²) in [6, 6.07) is 11.9. The fourth-order valence-corrected chi connectivity index (χ4v) is 6.37. The van der Waals surface area contributed by atoms with E-state index in [0.717, 1.165) is 0 Å². The summed E-state index contributed by atoms with van der Waals surface area (Å²) in [4.78, 5) is 51.0. The van der Waals surface area contributed by atoms with Gasteiger partial charge in [0.15, 0.2) is 0 Å². The molecule has 0 unspecified atom stereocenters. The Bertz CT molecular complexity index is 1880. The monoisotopic (exact) mass is 840 g/mol. The first kappa shape index (κ1) is 43.1. The number of hydrogen-bond acceptors (Lipinski definition) is 10. The van der Waals surface area contributed by atoms with E-state index in [0.29, 0.717) is 32.7 Å². The molecule has 0 saturated heterocycles. The number of ether oxygens (including phenoxy) is 4. The highest BCUT2D eigenvalue weighted by Gasteiger charge is 2.34. The summed E-state index contributed by atoms with van der Waals surface area (Å²) >= 11 is 0. The molecule has 4 rings (SSSR count). The van der Waals surface area contributed by atoms with Gasteiger partial charge in [-0.3, -0.25) is 0 Å². The summed E-state index contributed by atoms with van der Waals surface area (Å²) in [5.41, 5.74) is 0.929. The molecule has 2 amide bonds. The van der Waals surface area contributed by atoms with Gasteiger partial charge in [0, 0.05) is 11.5 Å². The lowest BCUT2D eigenvalue weighted by Gasteiger charge is -2.19. The maximum Gasteiger partial charge on any atom is 0.408 e. The molecule has 2 N–H and O–H groups in total. The van der Waals surface area contributed by atoms with E-state index in [9.17, 15) is 63.1 Å². The predicted molar refractivity (Wildman–Crippen MR) is 176 cm³/mol. The van der Waals surface area contributed by atoms with E-state index in [-0.39, 0.29) is 13.2 Å². The Hall–Kier alpha value is -5.64. The molecule has 0 bridgehead atoms. The molecule has 4 aromatic rings. The highest BCUT2D eigenvalue weighted by molar-refractivity contribution is 8.76. The third kappa shape index (κ3) is 11.0. The zero-order chi connectivity index (χ0) is 41.1. The summed E-state index contributed by atoms with van der Waals surface area (Å²) in [6.07, 6.45) is -2.68. The Morgan fingerprint density at radius 1 is 0.464 bits per heavy atom. The molecule has 0 radical (unpaired) electrons. The molecule has 0 spiro atoms. The third-order valence-electron chi connectivity index (χ3n) is 6.88. The number of amides is 2. The van der Waals surface area contributed by atoms with Gasteiger partial charge < -0.3 is 29.6 Å². The number of alkyl carbamates (subject to hydrolysis) is 2. The number of esters is 2. The van der Waals surface area contributed by atoms with Gasteiger partial charge in [0.05, 0.1) is 0 Å². The second-order valence-corrected chi connectivity index (χ2v) is 13.3. The first-order chi connectivity index (χ1) is 26.6. The van der Waals surface area contributed by atoms with Gasteiger partial charge in [0.1, 0.15) is 25.3 Å². The molecule has 0 aliphatic carbocycles. The molecule has 10 nitrogen and oxygen atoms in total. The fraction of sp³-hybridized carbons (Fsp3) is 0.176. The van der Waals surface area contributed by atoms with E-state index < -0.39 is 117 Å². The molecule has 56 heavy (non-hydrogen) atoms. The van der Waals surface area contributed by atoms with Gasteiger partial charge >= 0.3 is 24.1 Å². The molecule has 0 aliphatic heterocycles. The minimum Gasteiger partial charge on any atom is -0.445 e. The highest BCUT2D eigenvalue weighted by atomic mass is 33.1. The maximum absolute atomic E-state index is 14.3. The summed E-state index contributed by atoms with van der Waals surface area (Å²) in [5, 5.41) is 3.96. The molecular formula is C34H22F10N2O8S2. The van der Waals surface area contributed by atoms with Crippen molar-refractivity contribution in [3.8, 4) is 11.5 Å². The average Bonchev–Trinajstić information content (AvgIpc) is 3.20. The molecule has 0 heterocycles. The van der Waals surface area contributed by atoms with Crippen LogP contribution in [-0.2, 0) is 32.3 Å². The largest absolute Gasteiger partial charge is 0.445 e. The Morgan fingerprint density at radius 3 is 1.05 bits per heavy atom. The van der Waals surface area contributed by atoms with E-state index in [4.69, 9.17) is 9.47 Å². The number of nitrogens with one attached hydrogen (secondary N) is 2. The van der Waals surface area contributed by atoms with Gasteiger partial charge in [-0.2, -0.15) is 17.6 Å². The molecule has 0 aromatic heterocycles. The van der Waals surface area contributed by atoms with E-state index in [1.807, 2.05) is 10.6 Å². The minimum atomic E-state index is -2.56. The van der Waals surface area contributed by atoms with Gasteiger partial charge in [-0.05, 0) is 11.1 Å². The molecule has 298 valence electrons. The number of carbonyl (C=O) groups excluding carboxylic acids is 4. The van der Waals surface area contributed by atoms with Crippen LogP contribution >= 0.6 is 21.6 Å². The zero-order valence-corrected chi connectivity index (χ0v) is 29.3. The molecule has 4 aromatic carbocycles. The van der Waals surface area contributed by atoms with E-state index in [1.54, 1.807) is 60.7 Å². The lowest BCUT2D eigenvalue weighted by molar-refractivity contribution is -0.137. The van der Waals surface area contributed by atoms with Crippen LogP contribution in [0.25, 0.3) is 0 Å². The van der Waals surface area contributed by atoms with Crippen molar-refractivity contribution in [2.75, 3.05) is 11.5 Å². The van der Waals surface area contributed by atoms with Gasteiger partial charge in [0.25, 0.3) is 0 Å². The molecule has 0 fully saturated rings. The average molecular weight is 841 g/mol. The molecule has 0 aliphatic rings. The normalized spacial score (nSPS) is 12.0. The van der Waals surface area contributed by atoms with Gasteiger partial charge in [-0.25, -0.2) is 45.5 Å². The third-order valence-corrected chi connectivity index (χ3v) is 9.30. The van der Waals surface area contributed by atoms with Crippen LogP contribution in [0.2, 0.25) is 0 Å². The lowest BCUT2D eigenvalue weighted by Crippen LogP contribution is -2.46. The summed E-state index contributed by atoms with van der Waals surface area (Å²) in [6.45, 7) is -0.736. The van der Waals surface area contributed by atoms with Crippen LogP contribution in [0.4, 0.5) is 53.5 Å². The van der Waals surface area contributed by atoms with Crippen LogP contribution in [0, 0.1) is 58.2 Å². The van der Waals surface area contributed by atoms with Crippen molar-refractivity contribution in [3.63, 3.8) is 0 Å². The SMILES string of the molecule is O=C(N[C@@H](CSSC[C@H](NC(=O)OCc1ccccc1)C(=O)Oc1c(F)c(F)c(F)c(F)c1F)C(=O)Oc1c(F)c(F)c(F)c(F)c1F)OCc1ccccc1. The van der Waals surface area contributed by atoms with Crippen LogP contribution in [-0.4, -0.2) is 47.7 Å². The Balaban J connectivity index is 1.50. The van der Waals surface area contributed by atoms with Crippen LogP contribution in [0.15, 0.2) is 60.7 Å². The lowest BCUT2D eigenvalue weighted by atomic mass is 10.2. The van der Waals surface area contributed by atoms with E-state index in [1.165, 1.54) is 0 Å². The number of hydrogen-bond donors (Lipinski definition) is 2. The minimum absolute atomic E-state index is 0.368. The summed E-state index contributed by atoms with van der Waals surface area (Å²) < 4.78 is 158. The standard InChI is InChI=1S/C34H22F10N2O8S2/c35-19-21(37)25(41)29(26(42)22(19)38)53-31(47)17(45-33(49)51-11-15-7-3-1-4-8-15)13-55-56-14-18(46-34(50)52-12-16-9-5-2-6-10-16)32(48)54-30-27(43)23(39)20(36)24(40)28(30)44/h1-10,17-18H,11-14H2,(H,45,49)(H,46,50)/t17-,18-/m0/s1. The topological polar surface area (TPSA) is 129 Å². The van der Waals surface area contributed by atoms with Crippen molar-refractivity contribution in [2.45, 2.75) is 25.3 Å². The van der Waals surface area contributed by atoms with E-state index >= 15 is 0 Å². The first-order valence-corrected chi connectivity index (χ1v) is 17.7.